The van der Waals surface area contributed by atoms with Gasteiger partial charge in [0.25, 0.3) is 9.05 Å². The van der Waals surface area contributed by atoms with Crippen LogP contribution in [0.2, 0.25) is 0 Å². The van der Waals surface area contributed by atoms with E-state index in [-0.39, 0.29) is 23.2 Å². The average molecular weight is 335 g/mol. The quantitative estimate of drug-likeness (QED) is 0.602. The molecular weight excluding hydrogens is 320 g/mol. The first-order chi connectivity index (χ1) is 9.90. The van der Waals surface area contributed by atoms with Crippen molar-refractivity contribution in [2.24, 2.45) is 0 Å². The minimum Gasteiger partial charge on any atom is -0.456 e. The Balaban J connectivity index is 2.28. The third kappa shape index (κ3) is 4.41. The molecule has 0 spiro atoms. The molecule has 1 aromatic rings. The third-order valence-corrected chi connectivity index (χ3v) is 4.29. The first-order valence-corrected chi connectivity index (χ1v) is 8.57. The summed E-state index contributed by atoms with van der Waals surface area (Å²) in [5.74, 6) is -0.606. The number of carbonyl (C=O) groups is 1. The monoisotopic (exact) mass is 334 g/mol. The molecule has 1 unspecified atom stereocenters. The van der Waals surface area contributed by atoms with Gasteiger partial charge in [0.15, 0.2) is 0 Å². The molecule has 0 amide bonds. The third-order valence-electron chi connectivity index (χ3n) is 2.96. The van der Waals surface area contributed by atoms with Crippen molar-refractivity contribution in [1.82, 2.24) is 0 Å². The zero-order valence-corrected chi connectivity index (χ0v) is 12.9. The minimum absolute atomic E-state index is 0.121. The summed E-state index contributed by atoms with van der Waals surface area (Å²) in [5.41, 5.74) is 0.643. The molecule has 21 heavy (non-hydrogen) atoms. The van der Waals surface area contributed by atoms with Gasteiger partial charge in [-0.2, -0.15) is 0 Å². The van der Waals surface area contributed by atoms with E-state index in [9.17, 15) is 13.2 Å². The highest BCUT2D eigenvalue weighted by atomic mass is 35.7. The Morgan fingerprint density at radius 3 is 2.76 bits per heavy atom. The minimum atomic E-state index is -3.94. The van der Waals surface area contributed by atoms with Crippen molar-refractivity contribution in [1.29, 1.82) is 0 Å². The summed E-state index contributed by atoms with van der Waals surface area (Å²) >= 11 is 0. The van der Waals surface area contributed by atoms with E-state index in [1.165, 1.54) is 25.3 Å². The van der Waals surface area contributed by atoms with E-state index in [2.05, 4.69) is 0 Å². The first-order valence-electron chi connectivity index (χ1n) is 6.26. The van der Waals surface area contributed by atoms with Crippen LogP contribution in [0.1, 0.15) is 22.3 Å². The standard InChI is InChI=1S/C13H15ClO6S/c1-18-7-9-4-10(6-12(5-9)21(14,16)17)13(15)20-11-2-3-19-8-11/h4-6,11H,2-3,7-8H2,1H3. The highest BCUT2D eigenvalue weighted by Gasteiger charge is 2.22. The largest absolute Gasteiger partial charge is 0.456 e. The lowest BCUT2D eigenvalue weighted by atomic mass is 10.1. The molecule has 116 valence electrons. The second-order valence-corrected chi connectivity index (χ2v) is 7.19. The van der Waals surface area contributed by atoms with Crippen LogP contribution < -0.4 is 0 Å². The van der Waals surface area contributed by atoms with Crippen LogP contribution in [0.5, 0.6) is 0 Å². The number of rotatable bonds is 5. The number of methoxy groups -OCH3 is 1. The average Bonchev–Trinajstić information content (AvgIpc) is 2.90. The molecule has 1 aliphatic rings. The molecule has 6 nitrogen and oxygen atoms in total. The SMILES string of the molecule is COCc1cc(C(=O)OC2CCOC2)cc(S(=O)(=O)Cl)c1. The van der Waals surface area contributed by atoms with Crippen molar-refractivity contribution in [2.75, 3.05) is 20.3 Å². The van der Waals surface area contributed by atoms with Crippen LogP contribution in [0, 0.1) is 0 Å². The predicted molar refractivity (Wildman–Crippen MR) is 74.8 cm³/mol. The molecule has 1 aromatic carbocycles. The number of esters is 1. The van der Waals surface area contributed by atoms with E-state index in [0.29, 0.717) is 25.2 Å². The smallest absolute Gasteiger partial charge is 0.338 e. The van der Waals surface area contributed by atoms with Gasteiger partial charge in [-0.05, 0) is 23.8 Å². The molecule has 0 aliphatic carbocycles. The van der Waals surface area contributed by atoms with Crippen LogP contribution in [0.15, 0.2) is 23.1 Å². The van der Waals surface area contributed by atoms with Crippen LogP contribution in [0.25, 0.3) is 0 Å². The van der Waals surface area contributed by atoms with Crippen LogP contribution in [0.3, 0.4) is 0 Å². The summed E-state index contributed by atoms with van der Waals surface area (Å²) in [5, 5.41) is 0. The molecule has 0 bridgehead atoms. The molecule has 1 atom stereocenters. The maximum atomic E-state index is 12.1. The molecule has 2 rings (SSSR count). The van der Waals surface area contributed by atoms with Crippen LogP contribution in [-0.2, 0) is 29.9 Å². The Hall–Kier alpha value is -1.15. The van der Waals surface area contributed by atoms with E-state index < -0.39 is 15.0 Å². The Labute approximate surface area is 127 Å². The van der Waals surface area contributed by atoms with Crippen LogP contribution in [-0.4, -0.2) is 40.8 Å². The normalized spacial score (nSPS) is 18.7. The summed E-state index contributed by atoms with van der Waals surface area (Å²) < 4.78 is 38.3. The van der Waals surface area contributed by atoms with E-state index >= 15 is 0 Å². The van der Waals surface area contributed by atoms with Crippen LogP contribution in [0.4, 0.5) is 0 Å². The van der Waals surface area contributed by atoms with Crippen molar-refractivity contribution < 1.29 is 27.4 Å². The molecule has 1 heterocycles. The summed E-state index contributed by atoms with van der Waals surface area (Å²) in [4.78, 5) is 11.9. The maximum absolute atomic E-state index is 12.1. The topological polar surface area (TPSA) is 78.9 Å². The molecule has 1 saturated heterocycles. The van der Waals surface area contributed by atoms with Gasteiger partial charge in [0.05, 0.1) is 30.3 Å². The molecule has 0 N–H and O–H groups in total. The second-order valence-electron chi connectivity index (χ2n) is 4.63. The lowest BCUT2D eigenvalue weighted by Gasteiger charge is -2.11. The van der Waals surface area contributed by atoms with Gasteiger partial charge in [-0.15, -0.1) is 0 Å². The van der Waals surface area contributed by atoms with Gasteiger partial charge >= 0.3 is 5.97 Å². The fourth-order valence-electron chi connectivity index (χ4n) is 1.99. The number of benzene rings is 1. The number of halogens is 1. The lowest BCUT2D eigenvalue weighted by molar-refractivity contribution is 0.0270. The Morgan fingerprint density at radius 2 is 2.19 bits per heavy atom. The lowest BCUT2D eigenvalue weighted by Crippen LogP contribution is -2.18. The van der Waals surface area contributed by atoms with Crippen molar-refractivity contribution in [3.05, 3.63) is 29.3 Å². The zero-order chi connectivity index (χ0) is 15.5. The highest BCUT2D eigenvalue weighted by Crippen LogP contribution is 2.21. The Bertz CT molecular complexity index is 622. The first kappa shape index (κ1) is 16.2. The van der Waals surface area contributed by atoms with Crippen molar-refractivity contribution in [2.45, 2.75) is 24.0 Å². The predicted octanol–water partition coefficient (Wildman–Crippen LogP) is 1.71. The van der Waals surface area contributed by atoms with Gasteiger partial charge in [0.1, 0.15) is 6.10 Å². The fraction of sp³-hybridized carbons (Fsp3) is 0.462. The van der Waals surface area contributed by atoms with E-state index in [1.54, 1.807) is 0 Å². The van der Waals surface area contributed by atoms with Crippen molar-refractivity contribution in [3.63, 3.8) is 0 Å². The molecule has 0 aromatic heterocycles. The zero-order valence-electron chi connectivity index (χ0n) is 11.4. The van der Waals surface area contributed by atoms with Crippen molar-refractivity contribution >= 4 is 25.7 Å². The number of hydrogen-bond acceptors (Lipinski definition) is 6. The maximum Gasteiger partial charge on any atom is 0.338 e. The summed E-state index contributed by atoms with van der Waals surface area (Å²) in [7, 11) is 2.86. The number of ether oxygens (including phenoxy) is 3. The molecule has 0 saturated carbocycles. The molecular formula is C13H15ClO6S. The highest BCUT2D eigenvalue weighted by molar-refractivity contribution is 8.13. The van der Waals surface area contributed by atoms with Gasteiger partial charge < -0.3 is 14.2 Å². The second kappa shape index (κ2) is 6.74. The van der Waals surface area contributed by atoms with Crippen molar-refractivity contribution in [3.8, 4) is 0 Å². The van der Waals surface area contributed by atoms with E-state index in [4.69, 9.17) is 24.9 Å². The van der Waals surface area contributed by atoms with Gasteiger partial charge in [-0.3, -0.25) is 0 Å². The Kier molecular flexibility index (Phi) is 5.21. The Morgan fingerprint density at radius 1 is 1.43 bits per heavy atom. The summed E-state index contributed by atoms with van der Waals surface area (Å²) in [6, 6.07) is 4.08. The molecule has 1 aliphatic heterocycles. The summed E-state index contributed by atoms with van der Waals surface area (Å²) in [6.45, 7) is 1.06. The molecule has 1 fully saturated rings. The van der Waals surface area contributed by atoms with Gasteiger partial charge in [0.2, 0.25) is 0 Å². The number of carbonyl (C=O) groups excluding carboxylic acids is 1. The van der Waals surface area contributed by atoms with E-state index in [0.717, 1.165) is 0 Å². The van der Waals surface area contributed by atoms with Gasteiger partial charge in [-0.1, -0.05) is 0 Å². The van der Waals surface area contributed by atoms with Gasteiger partial charge in [0, 0.05) is 24.2 Å². The van der Waals surface area contributed by atoms with Gasteiger partial charge in [-0.25, -0.2) is 13.2 Å². The molecule has 8 heteroatoms. The van der Waals surface area contributed by atoms with E-state index in [1.807, 2.05) is 0 Å². The molecule has 0 radical (unpaired) electrons. The number of hydrogen-bond donors (Lipinski definition) is 0. The summed E-state index contributed by atoms with van der Waals surface area (Å²) in [6.07, 6.45) is 0.323. The van der Waals surface area contributed by atoms with Crippen LogP contribution >= 0.6 is 10.7 Å². The fourth-order valence-corrected chi connectivity index (χ4v) is 2.82.